The molecule has 0 aromatic heterocycles. The summed E-state index contributed by atoms with van der Waals surface area (Å²) >= 11 is 0. The molecule has 0 bridgehead atoms. The van der Waals surface area contributed by atoms with Gasteiger partial charge in [0, 0.05) is 18.8 Å². The average Bonchev–Trinajstić information content (AvgIpc) is 3.00. The molecule has 45 heavy (non-hydrogen) atoms. The van der Waals surface area contributed by atoms with Crippen LogP contribution < -0.4 is 5.11 Å². The van der Waals surface area contributed by atoms with Crippen LogP contribution in [0.25, 0.3) is 0 Å². The van der Waals surface area contributed by atoms with E-state index in [1.54, 1.807) is 0 Å². The zero-order valence-corrected chi connectivity index (χ0v) is 29.3. The molecular weight excluding hydrogens is 566 g/mol. The van der Waals surface area contributed by atoms with Crippen LogP contribution in [0.2, 0.25) is 0 Å². The lowest BCUT2D eigenvalue weighted by Crippen LogP contribution is -2.45. The summed E-state index contributed by atoms with van der Waals surface area (Å²) in [5.74, 6) is -2.61. The topological polar surface area (TPSA) is 115 Å². The number of nitrogens with zero attached hydrogens (tertiary/aromatic N) is 1. The summed E-state index contributed by atoms with van der Waals surface area (Å²) in [6, 6.07) is 0. The Morgan fingerprint density at radius 3 is 1.16 bits per heavy atom. The predicted octanol–water partition coefficient (Wildman–Crippen LogP) is 9.57. The highest BCUT2D eigenvalue weighted by atomic mass is 16.4. The van der Waals surface area contributed by atoms with Gasteiger partial charge in [-0.2, -0.15) is 0 Å². The van der Waals surface area contributed by atoms with Gasteiger partial charge in [-0.15, -0.1) is 0 Å². The van der Waals surface area contributed by atoms with E-state index in [4.69, 9.17) is 10.2 Å². The molecular formula is C38H71NO6. The Morgan fingerprint density at radius 1 is 0.489 bits per heavy atom. The van der Waals surface area contributed by atoms with E-state index in [0.29, 0.717) is 23.7 Å². The van der Waals surface area contributed by atoms with Crippen molar-refractivity contribution >= 4 is 17.9 Å². The Balaban J connectivity index is 4.25. The first-order chi connectivity index (χ1) is 21.8. The lowest BCUT2D eigenvalue weighted by molar-refractivity contribution is -0.880. The van der Waals surface area contributed by atoms with Crippen molar-refractivity contribution in [2.45, 2.75) is 193 Å². The lowest BCUT2D eigenvalue weighted by Gasteiger charge is -2.35. The largest absolute Gasteiger partial charge is 0.550 e. The Kier molecular flexibility index (Phi) is 30.7. The van der Waals surface area contributed by atoms with Crippen molar-refractivity contribution in [1.29, 1.82) is 0 Å². The van der Waals surface area contributed by atoms with Crippen molar-refractivity contribution in [3.05, 3.63) is 12.3 Å². The van der Waals surface area contributed by atoms with Crippen molar-refractivity contribution in [2.24, 2.45) is 0 Å². The normalized spacial score (nSPS) is 11.8. The highest BCUT2D eigenvalue weighted by Crippen LogP contribution is 2.19. The standard InChI is InChI=1S/C38H71NO6/c1-2-3-4-5-6-7-8-9-10-11-12-13-14-15-16-17-18-19-20-21-25-32-39(33-26-22-29-36(40)41,34-27-23-30-37(42)43)35-28-24-31-38(44)45/h25,32H,2-24,26-31,33-35H2,1H3,(H2-,40,41,42,43,44,45)/b32-25+. The summed E-state index contributed by atoms with van der Waals surface area (Å²) in [6.45, 7) is 4.65. The van der Waals surface area contributed by atoms with Crippen molar-refractivity contribution in [1.82, 2.24) is 0 Å². The molecule has 0 saturated heterocycles. The molecule has 0 aliphatic heterocycles. The molecule has 7 nitrogen and oxygen atoms in total. The summed E-state index contributed by atoms with van der Waals surface area (Å²) in [7, 11) is 0. The third kappa shape index (κ3) is 31.9. The Morgan fingerprint density at radius 2 is 0.822 bits per heavy atom. The number of hydrogen-bond acceptors (Lipinski definition) is 4. The maximum absolute atomic E-state index is 11.0. The van der Waals surface area contributed by atoms with Gasteiger partial charge in [0.15, 0.2) is 0 Å². The van der Waals surface area contributed by atoms with Crippen LogP contribution in [-0.4, -0.2) is 52.2 Å². The second-order valence-electron chi connectivity index (χ2n) is 13.5. The van der Waals surface area contributed by atoms with E-state index < -0.39 is 17.9 Å². The van der Waals surface area contributed by atoms with Crippen LogP contribution in [0.5, 0.6) is 0 Å². The van der Waals surface area contributed by atoms with Crippen LogP contribution in [-0.2, 0) is 14.4 Å². The minimum absolute atomic E-state index is 0.0428. The van der Waals surface area contributed by atoms with Gasteiger partial charge in [-0.25, -0.2) is 0 Å². The third-order valence-electron chi connectivity index (χ3n) is 9.12. The van der Waals surface area contributed by atoms with Crippen LogP contribution in [0.4, 0.5) is 0 Å². The monoisotopic (exact) mass is 638 g/mol. The number of carboxylic acids is 3. The molecule has 0 fully saturated rings. The average molecular weight is 638 g/mol. The van der Waals surface area contributed by atoms with Gasteiger partial charge >= 0.3 is 11.9 Å². The van der Waals surface area contributed by atoms with Crippen LogP contribution in [0.15, 0.2) is 12.3 Å². The van der Waals surface area contributed by atoms with E-state index in [-0.39, 0.29) is 19.3 Å². The summed E-state index contributed by atoms with van der Waals surface area (Å²) < 4.78 is 0.672. The minimum Gasteiger partial charge on any atom is -0.550 e. The van der Waals surface area contributed by atoms with Crippen molar-refractivity contribution in [3.63, 3.8) is 0 Å². The molecule has 0 unspecified atom stereocenters. The minimum atomic E-state index is -1.03. The van der Waals surface area contributed by atoms with Gasteiger partial charge in [-0.1, -0.05) is 122 Å². The fraction of sp³-hybridized carbons (Fsp3) is 0.868. The molecule has 0 spiro atoms. The predicted molar refractivity (Wildman–Crippen MR) is 184 cm³/mol. The number of carbonyl (C=O) groups is 3. The van der Waals surface area contributed by atoms with Gasteiger partial charge in [0.2, 0.25) is 0 Å². The molecule has 0 atom stereocenters. The van der Waals surface area contributed by atoms with Gasteiger partial charge < -0.3 is 20.1 Å². The quantitative estimate of drug-likeness (QED) is 0.0522. The van der Waals surface area contributed by atoms with E-state index in [0.717, 1.165) is 51.7 Å². The molecule has 7 heteroatoms. The van der Waals surface area contributed by atoms with E-state index in [9.17, 15) is 19.5 Å². The molecule has 2 N–H and O–H groups in total. The molecule has 264 valence electrons. The van der Waals surface area contributed by atoms with Gasteiger partial charge in [0.25, 0.3) is 0 Å². The molecule has 0 aromatic carbocycles. The van der Waals surface area contributed by atoms with Crippen LogP contribution in [0, 0.1) is 0 Å². The van der Waals surface area contributed by atoms with Gasteiger partial charge in [-0.05, 0) is 63.9 Å². The number of carboxylic acid groups (broad SMARTS) is 3. The van der Waals surface area contributed by atoms with Crippen molar-refractivity contribution in [3.8, 4) is 0 Å². The number of quaternary nitrogens is 1. The summed E-state index contributed by atoms with van der Waals surface area (Å²) in [6.07, 6.45) is 35.9. The summed E-state index contributed by atoms with van der Waals surface area (Å²) in [5.41, 5.74) is 0. The second kappa shape index (κ2) is 32.1. The van der Waals surface area contributed by atoms with E-state index in [1.807, 2.05) is 0 Å². The highest BCUT2D eigenvalue weighted by molar-refractivity contribution is 5.66. The Hall–Kier alpha value is -1.89. The molecule has 0 amide bonds. The third-order valence-corrected chi connectivity index (χ3v) is 9.12. The first-order valence-electron chi connectivity index (χ1n) is 19.0. The number of aliphatic carboxylic acids is 3. The number of rotatable bonds is 36. The fourth-order valence-electron chi connectivity index (χ4n) is 6.30. The Bertz CT molecular complexity index is 683. The maximum atomic E-state index is 11.0. The lowest BCUT2D eigenvalue weighted by atomic mass is 10.0. The van der Waals surface area contributed by atoms with Gasteiger partial charge in [-0.3, -0.25) is 14.1 Å². The second-order valence-corrected chi connectivity index (χ2v) is 13.5. The summed E-state index contributed by atoms with van der Waals surface area (Å²) in [5, 5.41) is 29.0. The molecule has 0 radical (unpaired) electrons. The number of unbranched alkanes of at least 4 members (excludes halogenated alkanes) is 22. The maximum Gasteiger partial charge on any atom is 0.303 e. The van der Waals surface area contributed by atoms with Crippen LogP contribution >= 0.6 is 0 Å². The molecule has 0 saturated carbocycles. The smallest absolute Gasteiger partial charge is 0.303 e. The molecule has 0 aromatic rings. The van der Waals surface area contributed by atoms with Crippen molar-refractivity contribution in [2.75, 3.05) is 19.6 Å². The highest BCUT2D eigenvalue weighted by Gasteiger charge is 2.24. The van der Waals surface area contributed by atoms with E-state index >= 15 is 0 Å². The molecule has 0 aliphatic rings. The van der Waals surface area contributed by atoms with Crippen molar-refractivity contribution < 1.29 is 34.2 Å². The van der Waals surface area contributed by atoms with Gasteiger partial charge in [0.05, 0.1) is 25.8 Å². The fourth-order valence-corrected chi connectivity index (χ4v) is 6.30. The molecule has 0 aliphatic carbocycles. The molecule has 0 heterocycles. The zero-order chi connectivity index (χ0) is 33.3. The van der Waals surface area contributed by atoms with E-state index in [1.165, 1.54) is 116 Å². The van der Waals surface area contributed by atoms with Crippen LogP contribution in [0.3, 0.4) is 0 Å². The SMILES string of the molecule is CCCCCCCCCCCCCCCCCCCCC/C=C/[N+](CCCCC(=O)[O-])(CCCCC(=O)O)CCCCC(=O)O. The number of allylic oxidation sites excluding steroid dienone is 1. The Labute approximate surface area is 276 Å². The zero-order valence-electron chi connectivity index (χ0n) is 29.3. The van der Waals surface area contributed by atoms with E-state index in [2.05, 4.69) is 19.2 Å². The van der Waals surface area contributed by atoms with Gasteiger partial charge in [0.1, 0.15) is 0 Å². The molecule has 0 rings (SSSR count). The number of carbonyl (C=O) groups excluding carboxylic acids is 1. The van der Waals surface area contributed by atoms with Crippen LogP contribution in [0.1, 0.15) is 193 Å². The first-order valence-corrected chi connectivity index (χ1v) is 19.0. The number of hydrogen-bond donors (Lipinski definition) is 2. The summed E-state index contributed by atoms with van der Waals surface area (Å²) in [4.78, 5) is 32.9. The first kappa shape index (κ1) is 43.1.